The van der Waals surface area contributed by atoms with E-state index < -0.39 is 11.3 Å². The van der Waals surface area contributed by atoms with Gasteiger partial charge in [0.25, 0.3) is 0 Å². The lowest BCUT2D eigenvalue weighted by Gasteiger charge is -2.46. The third-order valence-electron chi connectivity index (χ3n) is 6.52. The van der Waals surface area contributed by atoms with Gasteiger partial charge in [-0.3, -0.25) is 14.5 Å². The first-order valence-electron chi connectivity index (χ1n) is 10.4. The Morgan fingerprint density at radius 3 is 2.64 bits per heavy atom. The summed E-state index contributed by atoms with van der Waals surface area (Å²) in [5.41, 5.74) is 7.42. The highest BCUT2D eigenvalue weighted by molar-refractivity contribution is 9.10. The molecule has 2 aromatic rings. The molecule has 0 saturated heterocycles. The number of nitrogens with two attached hydrogens (primary N) is 1. The van der Waals surface area contributed by atoms with Gasteiger partial charge in [-0.05, 0) is 48.2 Å². The van der Waals surface area contributed by atoms with Crippen LogP contribution < -0.4 is 16.0 Å². The van der Waals surface area contributed by atoms with Gasteiger partial charge in [0.2, 0.25) is 5.91 Å². The second-order valence-corrected chi connectivity index (χ2v) is 10.7. The lowest BCUT2D eigenvalue weighted by Crippen LogP contribution is -2.52. The molecule has 0 fully saturated rings. The molecule has 1 spiro atoms. The second-order valence-electron chi connectivity index (χ2n) is 9.34. The molecule has 1 amide bonds. The highest BCUT2D eigenvalue weighted by Crippen LogP contribution is 2.57. The van der Waals surface area contributed by atoms with Crippen LogP contribution in [0.15, 0.2) is 69.6 Å². The number of carbonyl (C=O) groups is 2. The van der Waals surface area contributed by atoms with Gasteiger partial charge in [0.15, 0.2) is 5.78 Å². The molecule has 8 heteroatoms. The summed E-state index contributed by atoms with van der Waals surface area (Å²) in [5, 5.41) is 13.7. The van der Waals surface area contributed by atoms with Crippen molar-refractivity contribution in [3.8, 4) is 6.07 Å². The molecule has 2 heterocycles. The molecule has 0 saturated carbocycles. The lowest BCUT2D eigenvalue weighted by molar-refractivity contribution is -0.123. The minimum atomic E-state index is -1.60. The summed E-state index contributed by atoms with van der Waals surface area (Å²) in [7, 11) is 0. The Morgan fingerprint density at radius 1 is 1.18 bits per heavy atom. The minimum absolute atomic E-state index is 0.0311. The van der Waals surface area contributed by atoms with Crippen molar-refractivity contribution in [1.82, 2.24) is 0 Å². The van der Waals surface area contributed by atoms with Crippen LogP contribution in [0.25, 0.3) is 0 Å². The largest absolute Gasteiger partial charge is 0.384 e. The Balaban J connectivity index is 1.92. The van der Waals surface area contributed by atoms with E-state index in [1.807, 2.05) is 19.9 Å². The first kappa shape index (κ1) is 21.7. The summed E-state index contributed by atoms with van der Waals surface area (Å²) in [5.74, 6) is -0.495. The fourth-order valence-electron chi connectivity index (χ4n) is 5.30. The summed E-state index contributed by atoms with van der Waals surface area (Å²) in [4.78, 5) is 29.2. The molecule has 3 N–H and O–H groups in total. The lowest BCUT2D eigenvalue weighted by atomic mass is 9.61. The maximum atomic E-state index is 13.8. The number of nitrogens with one attached hydrogen (secondary N) is 1. The molecule has 6 nitrogen and oxygen atoms in total. The van der Waals surface area contributed by atoms with E-state index in [9.17, 15) is 14.9 Å². The van der Waals surface area contributed by atoms with E-state index in [2.05, 4.69) is 27.3 Å². The number of allylic oxidation sites excluding steroid dienone is 1. The van der Waals surface area contributed by atoms with Gasteiger partial charge in [-0.25, -0.2) is 0 Å². The Labute approximate surface area is 204 Å². The van der Waals surface area contributed by atoms with Crippen LogP contribution in [0.4, 0.5) is 11.4 Å². The fourth-order valence-corrected chi connectivity index (χ4v) is 5.85. The number of hydrogen-bond acceptors (Lipinski definition) is 5. The SMILES string of the molecule is CC1(C)CC(=O)C2=C(C1)N(c1cccc(Cl)c1)C(N)=C(C#N)C21C(=O)Nc2ccc(Br)cc21. The predicted molar refractivity (Wildman–Crippen MR) is 130 cm³/mol. The molecule has 0 radical (unpaired) electrons. The van der Waals surface area contributed by atoms with Gasteiger partial charge in [0.05, 0.1) is 5.57 Å². The van der Waals surface area contributed by atoms with Gasteiger partial charge in [-0.1, -0.05) is 47.4 Å². The normalized spacial score (nSPS) is 23.4. The average molecular weight is 524 g/mol. The van der Waals surface area contributed by atoms with Gasteiger partial charge in [0, 0.05) is 44.1 Å². The number of hydrogen-bond donors (Lipinski definition) is 2. The van der Waals surface area contributed by atoms with Crippen LogP contribution in [-0.2, 0) is 15.0 Å². The molecule has 1 atom stereocenters. The molecule has 0 bridgehead atoms. The van der Waals surface area contributed by atoms with E-state index in [1.54, 1.807) is 41.3 Å². The van der Waals surface area contributed by atoms with Crippen LogP contribution in [0.5, 0.6) is 0 Å². The number of nitriles is 1. The molecule has 3 aliphatic rings. The van der Waals surface area contributed by atoms with Crippen LogP contribution in [0, 0.1) is 16.7 Å². The molecule has 2 aliphatic heterocycles. The highest BCUT2D eigenvalue weighted by atomic mass is 79.9. The third kappa shape index (κ3) is 2.98. The molecule has 166 valence electrons. The maximum absolute atomic E-state index is 13.8. The number of nitrogens with zero attached hydrogens (tertiary/aromatic N) is 2. The zero-order valence-electron chi connectivity index (χ0n) is 18.0. The van der Waals surface area contributed by atoms with E-state index >= 15 is 0 Å². The Hall–Kier alpha value is -3.08. The van der Waals surface area contributed by atoms with Gasteiger partial charge >= 0.3 is 0 Å². The Kier molecular flexibility index (Phi) is 4.75. The highest BCUT2D eigenvalue weighted by Gasteiger charge is 2.61. The van der Waals surface area contributed by atoms with Crippen molar-refractivity contribution in [1.29, 1.82) is 5.26 Å². The molecule has 1 aliphatic carbocycles. The van der Waals surface area contributed by atoms with E-state index in [4.69, 9.17) is 17.3 Å². The molecule has 33 heavy (non-hydrogen) atoms. The van der Waals surface area contributed by atoms with Crippen molar-refractivity contribution in [2.45, 2.75) is 32.1 Å². The van der Waals surface area contributed by atoms with E-state index in [0.29, 0.717) is 39.7 Å². The number of ketones is 1. The first-order chi connectivity index (χ1) is 15.6. The van der Waals surface area contributed by atoms with E-state index in [-0.39, 0.29) is 29.0 Å². The zero-order valence-corrected chi connectivity index (χ0v) is 20.3. The standard InChI is InChI=1S/C25H20BrClN4O2/c1-24(2)10-19-21(20(32)11-24)25(16-8-13(26)6-7-18(16)30-23(25)33)17(12-28)22(29)31(19)15-5-3-4-14(27)9-15/h3-9H,10-11,29H2,1-2H3,(H,30,33). The first-order valence-corrected chi connectivity index (χ1v) is 11.6. The van der Waals surface area contributed by atoms with Crippen molar-refractivity contribution in [3.63, 3.8) is 0 Å². The molecular weight excluding hydrogens is 504 g/mol. The second kappa shape index (κ2) is 7.21. The summed E-state index contributed by atoms with van der Waals surface area (Å²) < 4.78 is 0.732. The van der Waals surface area contributed by atoms with Crippen LogP contribution in [-0.4, -0.2) is 11.7 Å². The minimum Gasteiger partial charge on any atom is -0.384 e. The van der Waals surface area contributed by atoms with Crippen LogP contribution in [0.3, 0.4) is 0 Å². The smallest absolute Gasteiger partial charge is 0.245 e. The molecular formula is C25H20BrClN4O2. The number of Topliss-reactive ketones (excluding diaryl/α,β-unsaturated/α-hetero) is 1. The summed E-state index contributed by atoms with van der Waals surface area (Å²) >= 11 is 9.74. The Morgan fingerprint density at radius 2 is 1.94 bits per heavy atom. The van der Waals surface area contributed by atoms with Crippen LogP contribution in [0.1, 0.15) is 32.3 Å². The number of amides is 1. The number of fused-ring (bicyclic) bond motifs is 3. The summed E-state index contributed by atoms with van der Waals surface area (Å²) in [6.45, 7) is 4.02. The van der Waals surface area contributed by atoms with Gasteiger partial charge in [-0.15, -0.1) is 0 Å². The van der Waals surface area contributed by atoms with Crippen molar-refractivity contribution < 1.29 is 9.59 Å². The number of halogens is 2. The van der Waals surface area contributed by atoms with Gasteiger partial charge < -0.3 is 11.1 Å². The van der Waals surface area contributed by atoms with E-state index in [0.717, 1.165) is 4.47 Å². The number of rotatable bonds is 1. The zero-order chi connectivity index (χ0) is 23.7. The number of anilines is 2. The quantitative estimate of drug-likeness (QED) is 0.539. The summed E-state index contributed by atoms with van der Waals surface area (Å²) in [6, 6.07) is 14.6. The fraction of sp³-hybridized carbons (Fsp3) is 0.240. The molecule has 2 aromatic carbocycles. The number of benzene rings is 2. The van der Waals surface area contributed by atoms with Crippen LogP contribution in [0.2, 0.25) is 5.02 Å². The maximum Gasteiger partial charge on any atom is 0.245 e. The van der Waals surface area contributed by atoms with E-state index in [1.165, 1.54) is 0 Å². The van der Waals surface area contributed by atoms with Crippen molar-refractivity contribution >= 4 is 50.6 Å². The number of carbonyl (C=O) groups excluding carboxylic acids is 2. The topological polar surface area (TPSA) is 99.2 Å². The average Bonchev–Trinajstić information content (AvgIpc) is 2.99. The van der Waals surface area contributed by atoms with Crippen molar-refractivity contribution in [2.75, 3.05) is 10.2 Å². The Bertz CT molecular complexity index is 1370. The molecule has 0 aromatic heterocycles. The summed E-state index contributed by atoms with van der Waals surface area (Å²) in [6.07, 6.45) is 0.755. The monoisotopic (exact) mass is 522 g/mol. The molecule has 5 rings (SSSR count). The van der Waals surface area contributed by atoms with Gasteiger partial charge in [0.1, 0.15) is 17.3 Å². The molecule has 1 unspecified atom stereocenters. The third-order valence-corrected chi connectivity index (χ3v) is 7.25. The van der Waals surface area contributed by atoms with Crippen molar-refractivity contribution in [2.24, 2.45) is 11.1 Å². The van der Waals surface area contributed by atoms with Crippen LogP contribution >= 0.6 is 27.5 Å². The van der Waals surface area contributed by atoms with Gasteiger partial charge in [-0.2, -0.15) is 5.26 Å². The predicted octanol–water partition coefficient (Wildman–Crippen LogP) is 5.15. The van der Waals surface area contributed by atoms with Crippen molar-refractivity contribution in [3.05, 3.63) is 80.2 Å².